The molecule has 0 bridgehead atoms. The minimum atomic E-state index is -0.555. The highest BCUT2D eigenvalue weighted by Crippen LogP contribution is 2.42. The van der Waals surface area contributed by atoms with E-state index in [0.717, 1.165) is 16.1 Å². The van der Waals surface area contributed by atoms with E-state index in [1.807, 2.05) is 48.7 Å². The fourth-order valence-electron chi connectivity index (χ4n) is 3.29. The summed E-state index contributed by atoms with van der Waals surface area (Å²) in [5, 5.41) is 18.5. The van der Waals surface area contributed by atoms with Gasteiger partial charge in [-0.25, -0.2) is 4.79 Å². The second-order valence-corrected chi connectivity index (χ2v) is 8.97. The zero-order valence-electron chi connectivity index (χ0n) is 17.8. The van der Waals surface area contributed by atoms with Crippen molar-refractivity contribution in [3.05, 3.63) is 86.7 Å². The molecule has 0 saturated heterocycles. The Morgan fingerprint density at radius 1 is 1.31 bits per heavy atom. The number of nitrogens with zero attached hydrogens (tertiary/aromatic N) is 1. The topological polar surface area (TPSA) is 91.2 Å². The fourth-order valence-corrected chi connectivity index (χ4v) is 5.02. The number of thiophene rings is 1. The van der Waals surface area contributed by atoms with Crippen LogP contribution < -0.4 is 10.6 Å². The highest BCUT2D eigenvalue weighted by atomic mass is 32.2. The Kier molecular flexibility index (Phi) is 7.92. The Morgan fingerprint density at radius 2 is 2.09 bits per heavy atom. The van der Waals surface area contributed by atoms with Crippen LogP contribution in [-0.2, 0) is 14.3 Å². The molecular formula is C24H23N3O3S2. The molecule has 2 heterocycles. The number of esters is 1. The number of carbonyl (C=O) groups is 2. The molecule has 1 atom stereocenters. The highest BCUT2D eigenvalue weighted by molar-refractivity contribution is 8.03. The summed E-state index contributed by atoms with van der Waals surface area (Å²) >= 11 is 2.70. The van der Waals surface area contributed by atoms with E-state index in [1.54, 1.807) is 6.92 Å². The number of dihydropyridines is 1. The Labute approximate surface area is 195 Å². The third-order valence-corrected chi connectivity index (χ3v) is 6.75. The molecule has 6 nitrogen and oxygen atoms in total. The SMILES string of the molecule is C=CCOC(=O)C1=C(C)NC(SCC(=O)Nc2ccccc2C)=C(C#N)C1c1cccs1. The maximum atomic E-state index is 12.8. The van der Waals surface area contributed by atoms with Gasteiger partial charge in [0, 0.05) is 16.3 Å². The van der Waals surface area contributed by atoms with Gasteiger partial charge in [-0.1, -0.05) is 48.7 Å². The minimum Gasteiger partial charge on any atom is -0.458 e. The molecule has 1 aliphatic heterocycles. The van der Waals surface area contributed by atoms with Gasteiger partial charge in [-0.2, -0.15) is 5.26 Å². The molecule has 0 radical (unpaired) electrons. The molecule has 2 N–H and O–H groups in total. The van der Waals surface area contributed by atoms with Gasteiger partial charge < -0.3 is 15.4 Å². The lowest BCUT2D eigenvalue weighted by molar-refractivity contribution is -0.138. The zero-order valence-corrected chi connectivity index (χ0v) is 19.4. The Hall–Kier alpha value is -3.28. The van der Waals surface area contributed by atoms with E-state index in [0.29, 0.717) is 21.9 Å². The van der Waals surface area contributed by atoms with Crippen LogP contribution in [0.3, 0.4) is 0 Å². The molecule has 1 unspecified atom stereocenters. The molecule has 1 aromatic heterocycles. The van der Waals surface area contributed by atoms with Crippen LogP contribution in [0.15, 0.2) is 76.3 Å². The second kappa shape index (κ2) is 10.8. The van der Waals surface area contributed by atoms with Crippen molar-refractivity contribution in [1.29, 1.82) is 5.26 Å². The van der Waals surface area contributed by atoms with Crippen molar-refractivity contribution in [3.8, 4) is 6.07 Å². The highest BCUT2D eigenvalue weighted by Gasteiger charge is 2.36. The monoisotopic (exact) mass is 465 g/mol. The number of aryl methyl sites for hydroxylation is 1. The van der Waals surface area contributed by atoms with Crippen LogP contribution in [0.25, 0.3) is 0 Å². The van der Waals surface area contributed by atoms with Gasteiger partial charge in [-0.05, 0) is 36.9 Å². The molecule has 1 aliphatic rings. The van der Waals surface area contributed by atoms with Gasteiger partial charge in [-0.3, -0.25) is 4.79 Å². The molecule has 164 valence electrons. The maximum Gasteiger partial charge on any atom is 0.337 e. The van der Waals surface area contributed by atoms with Crippen LogP contribution in [0.1, 0.15) is 23.3 Å². The molecule has 2 aromatic rings. The number of hydrogen-bond donors (Lipinski definition) is 2. The number of nitriles is 1. The first-order chi connectivity index (χ1) is 15.5. The first kappa shape index (κ1) is 23.4. The van der Waals surface area contributed by atoms with Gasteiger partial charge in [-0.15, -0.1) is 11.3 Å². The van der Waals surface area contributed by atoms with Gasteiger partial charge >= 0.3 is 5.97 Å². The number of anilines is 1. The van der Waals surface area contributed by atoms with Gasteiger partial charge in [0.1, 0.15) is 6.61 Å². The molecule has 0 fully saturated rings. The molecule has 0 aliphatic carbocycles. The quantitative estimate of drug-likeness (QED) is 0.428. The number of nitrogens with one attached hydrogen (secondary N) is 2. The summed E-state index contributed by atoms with van der Waals surface area (Å²) in [6.07, 6.45) is 1.50. The predicted octanol–water partition coefficient (Wildman–Crippen LogP) is 4.85. The van der Waals surface area contributed by atoms with E-state index in [9.17, 15) is 14.9 Å². The van der Waals surface area contributed by atoms with Crippen molar-refractivity contribution in [3.63, 3.8) is 0 Å². The summed E-state index contributed by atoms with van der Waals surface area (Å²) in [6.45, 7) is 7.35. The number of amides is 1. The van der Waals surface area contributed by atoms with Gasteiger partial charge in [0.25, 0.3) is 0 Å². The van der Waals surface area contributed by atoms with E-state index < -0.39 is 11.9 Å². The minimum absolute atomic E-state index is 0.0824. The predicted molar refractivity (Wildman–Crippen MR) is 129 cm³/mol. The molecule has 0 saturated carbocycles. The van der Waals surface area contributed by atoms with E-state index >= 15 is 0 Å². The number of carbonyl (C=O) groups excluding carboxylic acids is 2. The standard InChI is InChI=1S/C24H23N3O3S2/c1-4-11-30-24(29)21-16(3)26-23(17(13-25)22(21)19-10-7-12-31-19)32-14-20(28)27-18-9-6-5-8-15(18)2/h4-10,12,22,26H,1,11,14H2,2-3H3,(H,27,28). The van der Waals surface area contributed by atoms with Gasteiger partial charge in [0.15, 0.2) is 0 Å². The summed E-state index contributed by atoms with van der Waals surface area (Å²) in [6, 6.07) is 13.6. The van der Waals surface area contributed by atoms with Crippen LogP contribution in [0.4, 0.5) is 5.69 Å². The Balaban J connectivity index is 1.85. The number of thioether (sulfide) groups is 1. The van der Waals surface area contributed by atoms with Crippen molar-refractivity contribution in [2.75, 3.05) is 17.7 Å². The van der Waals surface area contributed by atoms with Crippen LogP contribution in [0.5, 0.6) is 0 Å². The lowest BCUT2D eigenvalue weighted by Gasteiger charge is -2.28. The number of ether oxygens (including phenoxy) is 1. The first-order valence-electron chi connectivity index (χ1n) is 9.88. The van der Waals surface area contributed by atoms with Crippen molar-refractivity contribution >= 4 is 40.7 Å². The lowest BCUT2D eigenvalue weighted by Crippen LogP contribution is -2.29. The second-order valence-electron chi connectivity index (χ2n) is 7.01. The number of allylic oxidation sites excluding steroid dienone is 2. The van der Waals surface area contributed by atoms with Crippen LogP contribution in [-0.4, -0.2) is 24.2 Å². The van der Waals surface area contributed by atoms with Crippen molar-refractivity contribution in [2.24, 2.45) is 0 Å². The number of rotatable bonds is 8. The summed E-state index contributed by atoms with van der Waals surface area (Å²) < 4.78 is 5.28. The largest absolute Gasteiger partial charge is 0.458 e. The average Bonchev–Trinajstić information content (AvgIpc) is 3.31. The molecule has 1 aromatic carbocycles. The number of benzene rings is 1. The summed E-state index contributed by atoms with van der Waals surface area (Å²) in [5.74, 6) is -1.12. The maximum absolute atomic E-state index is 12.8. The van der Waals surface area contributed by atoms with Crippen LogP contribution in [0, 0.1) is 18.3 Å². The summed E-state index contributed by atoms with van der Waals surface area (Å²) in [5.41, 5.74) is 3.09. The number of para-hydroxylation sites is 1. The normalized spacial score (nSPS) is 15.6. The van der Waals surface area contributed by atoms with E-state index in [1.165, 1.54) is 29.2 Å². The smallest absolute Gasteiger partial charge is 0.337 e. The zero-order chi connectivity index (χ0) is 23.1. The van der Waals surface area contributed by atoms with Crippen LogP contribution >= 0.6 is 23.1 Å². The van der Waals surface area contributed by atoms with E-state index in [-0.39, 0.29) is 18.3 Å². The van der Waals surface area contributed by atoms with Crippen molar-refractivity contribution in [1.82, 2.24) is 5.32 Å². The Morgan fingerprint density at radius 3 is 2.75 bits per heavy atom. The molecule has 0 spiro atoms. The summed E-state index contributed by atoms with van der Waals surface area (Å²) in [7, 11) is 0. The van der Waals surface area contributed by atoms with E-state index in [2.05, 4.69) is 23.3 Å². The van der Waals surface area contributed by atoms with Gasteiger partial charge in [0.05, 0.1) is 33.9 Å². The van der Waals surface area contributed by atoms with Crippen LogP contribution in [0.2, 0.25) is 0 Å². The molecule has 32 heavy (non-hydrogen) atoms. The molecule has 3 rings (SSSR count). The van der Waals surface area contributed by atoms with Crippen molar-refractivity contribution in [2.45, 2.75) is 19.8 Å². The first-order valence-corrected chi connectivity index (χ1v) is 11.7. The average molecular weight is 466 g/mol. The number of hydrogen-bond acceptors (Lipinski definition) is 7. The van der Waals surface area contributed by atoms with Crippen molar-refractivity contribution < 1.29 is 14.3 Å². The fraction of sp³-hybridized carbons (Fsp3) is 0.208. The third kappa shape index (κ3) is 5.31. The molecule has 1 amide bonds. The summed E-state index contributed by atoms with van der Waals surface area (Å²) in [4.78, 5) is 26.2. The van der Waals surface area contributed by atoms with E-state index in [4.69, 9.17) is 4.74 Å². The van der Waals surface area contributed by atoms with Gasteiger partial charge in [0.2, 0.25) is 5.91 Å². The lowest BCUT2D eigenvalue weighted by atomic mass is 9.87. The molecular weight excluding hydrogens is 442 g/mol. The molecule has 8 heteroatoms. The third-order valence-electron chi connectivity index (χ3n) is 4.79. The Bertz CT molecular complexity index is 1130.